The van der Waals surface area contributed by atoms with Crippen LogP contribution in [0.15, 0.2) is 42.5 Å². The topological polar surface area (TPSA) is 75.4 Å². The number of nitro benzene ring substituents is 1. The van der Waals surface area contributed by atoms with E-state index in [2.05, 4.69) is 5.32 Å². The third-order valence-corrected chi connectivity index (χ3v) is 3.29. The Hall–Kier alpha value is -2.40. The summed E-state index contributed by atoms with van der Waals surface area (Å²) in [5.74, 6) is 0.295. The number of phenolic OH excluding ortho intramolecular Hbond substituents is 1. The summed E-state index contributed by atoms with van der Waals surface area (Å²) in [6, 6.07) is 12.1. The zero-order valence-corrected chi connectivity index (χ0v) is 11.9. The number of nitrogens with one attached hydrogen (secondary N) is 1. The van der Waals surface area contributed by atoms with Crippen molar-refractivity contribution < 1.29 is 10.0 Å². The second-order valence-corrected chi connectivity index (χ2v) is 4.98. The van der Waals surface area contributed by atoms with E-state index in [1.807, 2.05) is 19.1 Å². The summed E-state index contributed by atoms with van der Waals surface area (Å²) in [4.78, 5) is 10.2. The van der Waals surface area contributed by atoms with Gasteiger partial charge in [0.15, 0.2) is 0 Å². The van der Waals surface area contributed by atoms with Gasteiger partial charge in [-0.1, -0.05) is 29.8 Å². The van der Waals surface area contributed by atoms with Crippen LogP contribution >= 0.6 is 0 Å². The first-order chi connectivity index (χ1) is 10.1. The molecule has 0 unspecified atom stereocenters. The molecule has 2 N–H and O–H groups in total. The van der Waals surface area contributed by atoms with E-state index >= 15 is 0 Å². The quantitative estimate of drug-likeness (QED) is 0.486. The summed E-state index contributed by atoms with van der Waals surface area (Å²) in [5, 5.41) is 23.6. The average Bonchev–Trinajstić information content (AvgIpc) is 2.47. The number of nitro groups is 1. The van der Waals surface area contributed by atoms with Gasteiger partial charge in [-0.15, -0.1) is 0 Å². The molecule has 0 radical (unpaired) electrons. The fraction of sp³-hybridized carbons (Fsp3) is 0.250. The molecular formula is C16H18N2O3. The summed E-state index contributed by atoms with van der Waals surface area (Å²) in [6.45, 7) is 3.32. The molecule has 0 saturated carbocycles. The lowest BCUT2D eigenvalue weighted by Gasteiger charge is -2.08. The van der Waals surface area contributed by atoms with Gasteiger partial charge in [0, 0.05) is 24.2 Å². The monoisotopic (exact) mass is 286 g/mol. The molecule has 2 aromatic carbocycles. The average molecular weight is 286 g/mol. The number of non-ortho nitro benzene ring substituents is 1. The van der Waals surface area contributed by atoms with E-state index in [9.17, 15) is 15.2 Å². The van der Waals surface area contributed by atoms with Gasteiger partial charge in [0.1, 0.15) is 5.75 Å². The summed E-state index contributed by atoms with van der Waals surface area (Å²) in [7, 11) is 0. The number of rotatable bonds is 6. The van der Waals surface area contributed by atoms with Gasteiger partial charge in [0.05, 0.1) is 4.92 Å². The zero-order chi connectivity index (χ0) is 15.2. The summed E-state index contributed by atoms with van der Waals surface area (Å²) in [5.41, 5.74) is 3.14. The highest BCUT2D eigenvalue weighted by Crippen LogP contribution is 2.17. The molecule has 2 aromatic rings. The van der Waals surface area contributed by atoms with Crippen molar-refractivity contribution in [3.63, 3.8) is 0 Å². The molecule has 0 saturated heterocycles. The molecule has 0 aromatic heterocycles. The van der Waals surface area contributed by atoms with Crippen LogP contribution in [0.2, 0.25) is 0 Å². The van der Waals surface area contributed by atoms with Gasteiger partial charge >= 0.3 is 0 Å². The lowest BCUT2D eigenvalue weighted by atomic mass is 10.1. The summed E-state index contributed by atoms with van der Waals surface area (Å²) < 4.78 is 0. The highest BCUT2D eigenvalue weighted by atomic mass is 16.6. The molecule has 0 bridgehead atoms. The molecule has 0 heterocycles. The highest BCUT2D eigenvalue weighted by Gasteiger charge is 2.04. The molecule has 0 aliphatic rings. The van der Waals surface area contributed by atoms with Crippen LogP contribution in [0, 0.1) is 17.0 Å². The second kappa shape index (κ2) is 6.85. The molecule has 0 amide bonds. The standard InChI is InChI=1S/C16H18N2O3/c1-12-2-7-16(19)14(10-12)11-17-9-8-13-3-5-15(6-4-13)18(20)21/h2-7,10,17,19H,8-9,11H2,1H3. The van der Waals surface area contributed by atoms with Crippen molar-refractivity contribution >= 4 is 5.69 Å². The van der Waals surface area contributed by atoms with Crippen LogP contribution in [0.5, 0.6) is 5.75 Å². The van der Waals surface area contributed by atoms with Crippen LogP contribution in [0.25, 0.3) is 0 Å². The van der Waals surface area contributed by atoms with Gasteiger partial charge in [0.25, 0.3) is 5.69 Å². The summed E-state index contributed by atoms with van der Waals surface area (Å²) in [6.07, 6.45) is 0.782. The van der Waals surface area contributed by atoms with Gasteiger partial charge in [-0.05, 0) is 31.5 Å². The second-order valence-electron chi connectivity index (χ2n) is 4.98. The lowest BCUT2D eigenvalue weighted by Crippen LogP contribution is -2.16. The van der Waals surface area contributed by atoms with Crippen molar-refractivity contribution in [3.8, 4) is 5.75 Å². The van der Waals surface area contributed by atoms with E-state index in [0.29, 0.717) is 12.3 Å². The number of hydrogen-bond donors (Lipinski definition) is 2. The maximum absolute atomic E-state index is 10.6. The number of benzene rings is 2. The minimum Gasteiger partial charge on any atom is -0.508 e. The first kappa shape index (κ1) is 15.0. The van der Waals surface area contributed by atoms with Crippen LogP contribution < -0.4 is 5.32 Å². The zero-order valence-electron chi connectivity index (χ0n) is 11.9. The van der Waals surface area contributed by atoms with Crippen molar-refractivity contribution in [1.29, 1.82) is 0 Å². The third-order valence-electron chi connectivity index (χ3n) is 3.29. The Morgan fingerprint density at radius 1 is 1.19 bits per heavy atom. The molecule has 0 spiro atoms. The minimum atomic E-state index is -0.400. The van der Waals surface area contributed by atoms with Crippen LogP contribution in [-0.2, 0) is 13.0 Å². The number of hydrogen-bond acceptors (Lipinski definition) is 4. The predicted molar refractivity (Wildman–Crippen MR) is 81.4 cm³/mol. The van der Waals surface area contributed by atoms with E-state index < -0.39 is 4.92 Å². The van der Waals surface area contributed by atoms with Gasteiger partial charge < -0.3 is 10.4 Å². The minimum absolute atomic E-state index is 0.108. The molecule has 5 nitrogen and oxygen atoms in total. The number of nitrogens with zero attached hydrogens (tertiary/aromatic N) is 1. The van der Waals surface area contributed by atoms with Crippen molar-refractivity contribution in [2.45, 2.75) is 19.9 Å². The molecule has 0 fully saturated rings. The van der Waals surface area contributed by atoms with Crippen LogP contribution in [0.3, 0.4) is 0 Å². The molecule has 21 heavy (non-hydrogen) atoms. The Kier molecular flexibility index (Phi) is 4.90. The lowest BCUT2D eigenvalue weighted by molar-refractivity contribution is -0.384. The smallest absolute Gasteiger partial charge is 0.269 e. The fourth-order valence-electron chi connectivity index (χ4n) is 2.10. The highest BCUT2D eigenvalue weighted by molar-refractivity contribution is 5.35. The molecule has 110 valence electrons. The molecule has 0 aliphatic heterocycles. The molecule has 0 aliphatic carbocycles. The van der Waals surface area contributed by atoms with Gasteiger partial charge in [-0.25, -0.2) is 0 Å². The SMILES string of the molecule is Cc1ccc(O)c(CNCCc2ccc([N+](=O)[O-])cc2)c1. The van der Waals surface area contributed by atoms with E-state index in [-0.39, 0.29) is 5.69 Å². The van der Waals surface area contributed by atoms with Crippen molar-refractivity contribution in [1.82, 2.24) is 5.32 Å². The van der Waals surface area contributed by atoms with E-state index in [1.165, 1.54) is 12.1 Å². The Labute approximate surface area is 123 Å². The largest absolute Gasteiger partial charge is 0.508 e. The summed E-state index contributed by atoms with van der Waals surface area (Å²) >= 11 is 0. The Balaban J connectivity index is 1.81. The van der Waals surface area contributed by atoms with E-state index in [1.54, 1.807) is 18.2 Å². The van der Waals surface area contributed by atoms with Crippen LogP contribution in [0.1, 0.15) is 16.7 Å². The van der Waals surface area contributed by atoms with Crippen molar-refractivity contribution in [2.24, 2.45) is 0 Å². The molecule has 2 rings (SSSR count). The molecule has 0 atom stereocenters. The maximum atomic E-state index is 10.6. The molecule has 5 heteroatoms. The van der Waals surface area contributed by atoms with E-state index in [4.69, 9.17) is 0 Å². The molecular weight excluding hydrogens is 268 g/mol. The first-order valence-corrected chi connectivity index (χ1v) is 6.79. The number of aromatic hydroxyl groups is 1. The Morgan fingerprint density at radius 3 is 2.57 bits per heavy atom. The van der Waals surface area contributed by atoms with Crippen molar-refractivity contribution in [3.05, 3.63) is 69.3 Å². The van der Waals surface area contributed by atoms with Crippen LogP contribution in [0.4, 0.5) is 5.69 Å². The van der Waals surface area contributed by atoms with Gasteiger partial charge in [-0.3, -0.25) is 10.1 Å². The Morgan fingerprint density at radius 2 is 1.90 bits per heavy atom. The third kappa shape index (κ3) is 4.29. The first-order valence-electron chi connectivity index (χ1n) is 6.79. The number of aryl methyl sites for hydroxylation is 1. The maximum Gasteiger partial charge on any atom is 0.269 e. The predicted octanol–water partition coefficient (Wildman–Crippen LogP) is 2.94. The number of phenols is 1. The fourth-order valence-corrected chi connectivity index (χ4v) is 2.10. The normalized spacial score (nSPS) is 10.5. The van der Waals surface area contributed by atoms with Crippen molar-refractivity contribution in [2.75, 3.05) is 6.54 Å². The van der Waals surface area contributed by atoms with E-state index in [0.717, 1.165) is 29.7 Å². The van der Waals surface area contributed by atoms with Gasteiger partial charge in [-0.2, -0.15) is 0 Å². The van der Waals surface area contributed by atoms with Gasteiger partial charge in [0.2, 0.25) is 0 Å². The Bertz CT molecular complexity index is 624. The van der Waals surface area contributed by atoms with Crippen LogP contribution in [-0.4, -0.2) is 16.6 Å².